The lowest BCUT2D eigenvalue weighted by Crippen LogP contribution is -2.57. The number of piperidine rings is 1. The van der Waals surface area contributed by atoms with Gasteiger partial charge in [-0.25, -0.2) is 9.97 Å². The molecule has 0 N–H and O–H groups in total. The molecule has 2 fully saturated rings. The van der Waals surface area contributed by atoms with Crippen LogP contribution in [-0.4, -0.2) is 59.3 Å². The third kappa shape index (κ3) is 4.53. The SMILES string of the molecule is CCC1CN(C2CCN(c3ncccn3)CC2)C(Cc2ccc(C)cc2)CO1. The van der Waals surface area contributed by atoms with E-state index in [2.05, 4.69) is 57.9 Å². The summed E-state index contributed by atoms with van der Waals surface area (Å²) in [6.07, 6.45) is 8.52. The highest BCUT2D eigenvalue weighted by molar-refractivity contribution is 5.29. The van der Waals surface area contributed by atoms with E-state index < -0.39 is 0 Å². The molecule has 150 valence electrons. The lowest BCUT2D eigenvalue weighted by Gasteiger charge is -2.46. The van der Waals surface area contributed by atoms with Crippen molar-refractivity contribution < 1.29 is 4.74 Å². The van der Waals surface area contributed by atoms with Crippen LogP contribution in [0.1, 0.15) is 37.3 Å². The molecule has 1 aromatic heterocycles. The molecule has 28 heavy (non-hydrogen) atoms. The smallest absolute Gasteiger partial charge is 0.225 e. The van der Waals surface area contributed by atoms with E-state index in [9.17, 15) is 0 Å². The third-order valence-electron chi connectivity index (χ3n) is 6.22. The van der Waals surface area contributed by atoms with Crippen LogP contribution in [-0.2, 0) is 11.2 Å². The maximum Gasteiger partial charge on any atom is 0.225 e. The van der Waals surface area contributed by atoms with E-state index in [1.165, 1.54) is 24.0 Å². The van der Waals surface area contributed by atoms with Crippen molar-refractivity contribution in [1.29, 1.82) is 0 Å². The fourth-order valence-corrected chi connectivity index (χ4v) is 4.50. The number of aromatic nitrogens is 2. The summed E-state index contributed by atoms with van der Waals surface area (Å²) in [5.74, 6) is 0.866. The van der Waals surface area contributed by atoms with Crippen molar-refractivity contribution in [2.45, 2.75) is 57.7 Å². The van der Waals surface area contributed by atoms with E-state index in [0.29, 0.717) is 18.2 Å². The van der Waals surface area contributed by atoms with E-state index in [0.717, 1.165) is 45.0 Å². The number of anilines is 1. The molecule has 2 aromatic rings. The number of nitrogens with zero attached hydrogens (tertiary/aromatic N) is 4. The fraction of sp³-hybridized carbons (Fsp3) is 0.565. The number of benzene rings is 1. The first-order chi connectivity index (χ1) is 13.7. The van der Waals surface area contributed by atoms with Gasteiger partial charge >= 0.3 is 0 Å². The summed E-state index contributed by atoms with van der Waals surface area (Å²) < 4.78 is 6.18. The summed E-state index contributed by atoms with van der Waals surface area (Å²) in [5, 5.41) is 0. The number of ether oxygens (including phenoxy) is 1. The summed E-state index contributed by atoms with van der Waals surface area (Å²) >= 11 is 0. The average Bonchev–Trinajstić information content (AvgIpc) is 2.76. The topological polar surface area (TPSA) is 41.5 Å². The Morgan fingerprint density at radius 2 is 1.79 bits per heavy atom. The highest BCUT2D eigenvalue weighted by Gasteiger charge is 2.35. The molecule has 0 saturated carbocycles. The van der Waals surface area contributed by atoms with E-state index in [4.69, 9.17) is 4.74 Å². The molecular weight excluding hydrogens is 348 g/mol. The average molecular weight is 381 g/mol. The number of rotatable bonds is 5. The number of aryl methyl sites for hydroxylation is 1. The minimum absolute atomic E-state index is 0.366. The molecule has 0 aliphatic carbocycles. The van der Waals surface area contributed by atoms with E-state index in [1.54, 1.807) is 0 Å². The van der Waals surface area contributed by atoms with Crippen molar-refractivity contribution in [2.75, 3.05) is 31.1 Å². The van der Waals surface area contributed by atoms with Gasteiger partial charge in [-0.2, -0.15) is 0 Å². The van der Waals surface area contributed by atoms with Crippen molar-refractivity contribution in [3.05, 3.63) is 53.9 Å². The van der Waals surface area contributed by atoms with Crippen LogP contribution in [0.25, 0.3) is 0 Å². The van der Waals surface area contributed by atoms with Gasteiger partial charge in [0.25, 0.3) is 0 Å². The molecule has 2 aliphatic rings. The lowest BCUT2D eigenvalue weighted by molar-refractivity contribution is -0.0828. The predicted molar refractivity (Wildman–Crippen MR) is 113 cm³/mol. The van der Waals surface area contributed by atoms with Gasteiger partial charge < -0.3 is 9.64 Å². The molecule has 1 aromatic carbocycles. The van der Waals surface area contributed by atoms with Crippen molar-refractivity contribution in [1.82, 2.24) is 14.9 Å². The standard InChI is InChI=1S/C23H32N4O/c1-3-22-16-27(21(17-28-22)15-19-7-5-18(2)6-8-19)20-9-13-26(14-10-20)23-24-11-4-12-25-23/h4-8,11-12,20-22H,3,9-10,13-17H2,1-2H3. The molecule has 0 amide bonds. The first-order valence-electron chi connectivity index (χ1n) is 10.7. The van der Waals surface area contributed by atoms with Crippen LogP contribution >= 0.6 is 0 Å². The molecule has 0 radical (unpaired) electrons. The molecule has 5 heteroatoms. The minimum atomic E-state index is 0.366. The quantitative estimate of drug-likeness (QED) is 0.794. The second kappa shape index (κ2) is 9.01. The van der Waals surface area contributed by atoms with Crippen LogP contribution in [0.3, 0.4) is 0 Å². The second-order valence-electron chi connectivity index (χ2n) is 8.17. The third-order valence-corrected chi connectivity index (χ3v) is 6.22. The molecule has 2 aliphatic heterocycles. The minimum Gasteiger partial charge on any atom is -0.375 e. The van der Waals surface area contributed by atoms with Gasteiger partial charge in [0.05, 0.1) is 12.7 Å². The number of hydrogen-bond acceptors (Lipinski definition) is 5. The van der Waals surface area contributed by atoms with Crippen LogP contribution < -0.4 is 4.90 Å². The van der Waals surface area contributed by atoms with Crippen LogP contribution in [0, 0.1) is 6.92 Å². The predicted octanol–water partition coefficient (Wildman–Crippen LogP) is 3.48. The first kappa shape index (κ1) is 19.3. The molecule has 0 bridgehead atoms. The van der Waals surface area contributed by atoms with E-state index in [-0.39, 0.29) is 0 Å². The fourth-order valence-electron chi connectivity index (χ4n) is 4.50. The van der Waals surface area contributed by atoms with Crippen LogP contribution in [0.15, 0.2) is 42.7 Å². The first-order valence-corrected chi connectivity index (χ1v) is 10.7. The molecule has 2 saturated heterocycles. The highest BCUT2D eigenvalue weighted by atomic mass is 16.5. The van der Waals surface area contributed by atoms with Gasteiger partial charge in [-0.1, -0.05) is 36.8 Å². The van der Waals surface area contributed by atoms with Crippen molar-refractivity contribution in [3.63, 3.8) is 0 Å². The summed E-state index contributed by atoms with van der Waals surface area (Å²) in [7, 11) is 0. The molecular formula is C23H32N4O. The molecule has 2 atom stereocenters. The van der Waals surface area contributed by atoms with Crippen molar-refractivity contribution in [2.24, 2.45) is 0 Å². The summed E-state index contributed by atoms with van der Waals surface area (Å²) in [6, 6.07) is 11.9. The Labute approximate surface area is 168 Å². The van der Waals surface area contributed by atoms with Gasteiger partial charge in [0.2, 0.25) is 5.95 Å². The van der Waals surface area contributed by atoms with Crippen molar-refractivity contribution in [3.8, 4) is 0 Å². The Balaban J connectivity index is 1.42. The number of morpholine rings is 1. The molecule has 0 spiro atoms. The zero-order chi connectivity index (χ0) is 19.3. The normalized spacial score (nSPS) is 24.4. The summed E-state index contributed by atoms with van der Waals surface area (Å²) in [4.78, 5) is 13.9. The van der Waals surface area contributed by atoms with Gasteiger partial charge in [-0.15, -0.1) is 0 Å². The summed E-state index contributed by atoms with van der Waals surface area (Å²) in [5.41, 5.74) is 2.73. The molecule has 4 rings (SSSR count). The van der Waals surface area contributed by atoms with Gasteiger partial charge in [-0.3, -0.25) is 4.90 Å². The van der Waals surface area contributed by atoms with Crippen LogP contribution in [0.4, 0.5) is 5.95 Å². The van der Waals surface area contributed by atoms with Crippen LogP contribution in [0.2, 0.25) is 0 Å². The highest BCUT2D eigenvalue weighted by Crippen LogP contribution is 2.26. The second-order valence-corrected chi connectivity index (χ2v) is 8.17. The van der Waals surface area contributed by atoms with Crippen molar-refractivity contribution >= 4 is 5.95 Å². The Hall–Kier alpha value is -1.98. The van der Waals surface area contributed by atoms with Gasteiger partial charge in [0.1, 0.15) is 0 Å². The van der Waals surface area contributed by atoms with E-state index in [1.807, 2.05) is 18.5 Å². The zero-order valence-corrected chi connectivity index (χ0v) is 17.1. The maximum absolute atomic E-state index is 6.18. The Morgan fingerprint density at radius 3 is 2.46 bits per heavy atom. The zero-order valence-electron chi connectivity index (χ0n) is 17.1. The van der Waals surface area contributed by atoms with Gasteiger partial charge in [0, 0.05) is 44.1 Å². The summed E-state index contributed by atoms with van der Waals surface area (Å²) in [6.45, 7) is 8.34. The lowest BCUT2D eigenvalue weighted by atomic mass is 9.95. The Morgan fingerprint density at radius 1 is 1.07 bits per heavy atom. The molecule has 2 unspecified atom stereocenters. The van der Waals surface area contributed by atoms with E-state index >= 15 is 0 Å². The monoisotopic (exact) mass is 380 g/mol. The molecule has 5 nitrogen and oxygen atoms in total. The number of hydrogen-bond donors (Lipinski definition) is 0. The maximum atomic E-state index is 6.18. The Bertz CT molecular complexity index is 728. The van der Waals surface area contributed by atoms with Crippen LogP contribution in [0.5, 0.6) is 0 Å². The largest absolute Gasteiger partial charge is 0.375 e. The van der Waals surface area contributed by atoms with Gasteiger partial charge in [0.15, 0.2) is 0 Å². The molecule has 3 heterocycles. The van der Waals surface area contributed by atoms with Gasteiger partial charge in [-0.05, 0) is 44.2 Å². The Kier molecular flexibility index (Phi) is 6.23.